The zero-order valence-electron chi connectivity index (χ0n) is 9.54. The van der Waals surface area contributed by atoms with E-state index in [2.05, 4.69) is 11.8 Å². The lowest BCUT2D eigenvalue weighted by Gasteiger charge is -2.41. The molecule has 1 aliphatic heterocycles. The van der Waals surface area contributed by atoms with E-state index >= 15 is 0 Å². The molecule has 3 heteroatoms. The van der Waals surface area contributed by atoms with Crippen molar-refractivity contribution >= 4 is 5.97 Å². The minimum absolute atomic E-state index is 0.500. The second-order valence-electron chi connectivity index (χ2n) is 5.21. The van der Waals surface area contributed by atoms with Gasteiger partial charge in [-0.2, -0.15) is 0 Å². The number of hydrogen-bond acceptors (Lipinski definition) is 2. The summed E-state index contributed by atoms with van der Waals surface area (Å²) in [6.45, 7) is 4.22. The molecule has 2 rings (SSSR count). The molecule has 1 saturated carbocycles. The van der Waals surface area contributed by atoms with Gasteiger partial charge in [0.25, 0.3) is 0 Å². The SMILES string of the molecule is CC1CCN(C2(C(=O)O)CCCC2)CC1. The van der Waals surface area contributed by atoms with Gasteiger partial charge in [-0.3, -0.25) is 9.69 Å². The molecule has 3 nitrogen and oxygen atoms in total. The van der Waals surface area contributed by atoms with Crippen molar-refractivity contribution in [1.82, 2.24) is 4.90 Å². The van der Waals surface area contributed by atoms with Crippen LogP contribution in [0.5, 0.6) is 0 Å². The molecular weight excluding hydrogens is 190 g/mol. The molecule has 0 unspecified atom stereocenters. The molecule has 0 bridgehead atoms. The normalized spacial score (nSPS) is 28.1. The van der Waals surface area contributed by atoms with Crippen LogP contribution in [0.3, 0.4) is 0 Å². The highest BCUT2D eigenvalue weighted by atomic mass is 16.4. The number of nitrogens with zero attached hydrogens (tertiary/aromatic N) is 1. The summed E-state index contributed by atoms with van der Waals surface area (Å²) in [6, 6.07) is 0. The van der Waals surface area contributed by atoms with Gasteiger partial charge in [0, 0.05) is 0 Å². The Morgan fingerprint density at radius 2 is 1.80 bits per heavy atom. The van der Waals surface area contributed by atoms with Gasteiger partial charge in [-0.05, 0) is 44.7 Å². The van der Waals surface area contributed by atoms with Crippen LogP contribution in [-0.2, 0) is 4.79 Å². The Morgan fingerprint density at radius 1 is 1.27 bits per heavy atom. The molecular formula is C12H21NO2. The Balaban J connectivity index is 2.08. The number of rotatable bonds is 2. The molecule has 1 saturated heterocycles. The van der Waals surface area contributed by atoms with Crippen molar-refractivity contribution in [2.45, 2.75) is 51.0 Å². The van der Waals surface area contributed by atoms with Crippen molar-refractivity contribution in [3.05, 3.63) is 0 Å². The summed E-state index contributed by atoms with van der Waals surface area (Å²) >= 11 is 0. The van der Waals surface area contributed by atoms with E-state index in [9.17, 15) is 9.90 Å². The van der Waals surface area contributed by atoms with Crippen molar-refractivity contribution in [3.8, 4) is 0 Å². The van der Waals surface area contributed by atoms with E-state index in [-0.39, 0.29) is 0 Å². The Bertz CT molecular complexity index is 238. The van der Waals surface area contributed by atoms with Gasteiger partial charge in [0.15, 0.2) is 0 Å². The van der Waals surface area contributed by atoms with E-state index in [4.69, 9.17) is 0 Å². The number of aliphatic carboxylic acids is 1. The summed E-state index contributed by atoms with van der Waals surface area (Å²) in [5.41, 5.74) is -0.500. The number of carboxylic acids is 1. The molecule has 0 amide bonds. The average molecular weight is 211 g/mol. The number of hydrogen-bond donors (Lipinski definition) is 1. The lowest BCUT2D eigenvalue weighted by Crippen LogP contribution is -2.55. The third kappa shape index (κ3) is 1.89. The fraction of sp³-hybridized carbons (Fsp3) is 0.917. The molecule has 0 aromatic heterocycles. The Labute approximate surface area is 91.5 Å². The molecule has 2 fully saturated rings. The second kappa shape index (κ2) is 4.12. The summed E-state index contributed by atoms with van der Waals surface area (Å²) in [6.07, 6.45) is 6.20. The van der Waals surface area contributed by atoms with Crippen LogP contribution >= 0.6 is 0 Å². The van der Waals surface area contributed by atoms with Crippen LogP contribution in [0.1, 0.15) is 45.4 Å². The van der Waals surface area contributed by atoms with Gasteiger partial charge in [-0.15, -0.1) is 0 Å². The first-order chi connectivity index (χ1) is 7.15. The number of likely N-dealkylation sites (tertiary alicyclic amines) is 1. The van der Waals surface area contributed by atoms with E-state index < -0.39 is 11.5 Å². The molecule has 15 heavy (non-hydrogen) atoms. The van der Waals surface area contributed by atoms with Crippen molar-refractivity contribution in [2.24, 2.45) is 5.92 Å². The van der Waals surface area contributed by atoms with Crippen molar-refractivity contribution in [1.29, 1.82) is 0 Å². The highest BCUT2D eigenvalue weighted by Crippen LogP contribution is 2.37. The van der Waals surface area contributed by atoms with Crippen LogP contribution in [-0.4, -0.2) is 34.6 Å². The zero-order valence-corrected chi connectivity index (χ0v) is 9.54. The monoisotopic (exact) mass is 211 g/mol. The maximum absolute atomic E-state index is 11.5. The van der Waals surface area contributed by atoms with E-state index in [1.807, 2.05) is 0 Å². The van der Waals surface area contributed by atoms with Crippen molar-refractivity contribution < 1.29 is 9.90 Å². The second-order valence-corrected chi connectivity index (χ2v) is 5.21. The largest absolute Gasteiger partial charge is 0.480 e. The number of carboxylic acid groups (broad SMARTS) is 1. The maximum atomic E-state index is 11.5. The Hall–Kier alpha value is -0.570. The van der Waals surface area contributed by atoms with E-state index in [1.54, 1.807) is 0 Å². The maximum Gasteiger partial charge on any atom is 0.324 e. The van der Waals surface area contributed by atoms with Gasteiger partial charge < -0.3 is 5.11 Å². The molecule has 2 aliphatic rings. The fourth-order valence-corrected chi connectivity index (χ4v) is 3.06. The third-order valence-electron chi connectivity index (χ3n) is 4.22. The molecule has 0 spiro atoms. The Morgan fingerprint density at radius 3 is 2.27 bits per heavy atom. The van der Waals surface area contributed by atoms with Gasteiger partial charge >= 0.3 is 5.97 Å². The summed E-state index contributed by atoms with van der Waals surface area (Å²) < 4.78 is 0. The van der Waals surface area contributed by atoms with Crippen LogP contribution in [0, 0.1) is 5.92 Å². The highest BCUT2D eigenvalue weighted by Gasteiger charge is 2.46. The highest BCUT2D eigenvalue weighted by molar-refractivity contribution is 5.79. The van der Waals surface area contributed by atoms with Gasteiger partial charge in [0.1, 0.15) is 5.54 Å². The predicted octanol–water partition coefficient (Wildman–Crippen LogP) is 2.12. The molecule has 0 aromatic rings. The van der Waals surface area contributed by atoms with Crippen LogP contribution in [0.4, 0.5) is 0 Å². The zero-order chi connectivity index (χ0) is 10.9. The first-order valence-electron chi connectivity index (χ1n) is 6.13. The van der Waals surface area contributed by atoms with Crippen molar-refractivity contribution in [2.75, 3.05) is 13.1 Å². The number of carbonyl (C=O) groups is 1. The van der Waals surface area contributed by atoms with Gasteiger partial charge in [-0.25, -0.2) is 0 Å². The molecule has 86 valence electrons. The summed E-state index contributed by atoms with van der Waals surface area (Å²) in [4.78, 5) is 13.7. The topological polar surface area (TPSA) is 40.5 Å². The average Bonchev–Trinajstić information content (AvgIpc) is 2.69. The molecule has 1 aliphatic carbocycles. The van der Waals surface area contributed by atoms with Gasteiger partial charge in [0.05, 0.1) is 0 Å². The van der Waals surface area contributed by atoms with E-state index in [0.717, 1.165) is 57.5 Å². The summed E-state index contributed by atoms with van der Waals surface area (Å²) in [5, 5.41) is 9.44. The summed E-state index contributed by atoms with van der Waals surface area (Å²) in [5.74, 6) is 0.183. The van der Waals surface area contributed by atoms with Crippen LogP contribution < -0.4 is 0 Å². The van der Waals surface area contributed by atoms with E-state index in [1.165, 1.54) is 0 Å². The predicted molar refractivity (Wildman–Crippen MR) is 58.8 cm³/mol. The molecule has 0 aromatic carbocycles. The molecule has 1 heterocycles. The molecule has 0 atom stereocenters. The fourth-order valence-electron chi connectivity index (χ4n) is 3.06. The van der Waals surface area contributed by atoms with Crippen LogP contribution in [0.15, 0.2) is 0 Å². The first kappa shape index (κ1) is 10.9. The minimum atomic E-state index is -0.588. The van der Waals surface area contributed by atoms with Crippen LogP contribution in [0.2, 0.25) is 0 Å². The molecule has 0 radical (unpaired) electrons. The van der Waals surface area contributed by atoms with Gasteiger partial charge in [-0.1, -0.05) is 19.8 Å². The summed E-state index contributed by atoms with van der Waals surface area (Å²) in [7, 11) is 0. The van der Waals surface area contributed by atoms with Gasteiger partial charge in [0.2, 0.25) is 0 Å². The number of piperidine rings is 1. The third-order valence-corrected chi connectivity index (χ3v) is 4.22. The minimum Gasteiger partial charge on any atom is -0.480 e. The lowest BCUT2D eigenvalue weighted by atomic mass is 9.90. The van der Waals surface area contributed by atoms with Crippen molar-refractivity contribution in [3.63, 3.8) is 0 Å². The smallest absolute Gasteiger partial charge is 0.324 e. The van der Waals surface area contributed by atoms with E-state index in [0.29, 0.717) is 0 Å². The Kier molecular flexibility index (Phi) is 3.01. The van der Waals surface area contributed by atoms with Crippen LogP contribution in [0.25, 0.3) is 0 Å². The first-order valence-corrected chi connectivity index (χ1v) is 6.13. The lowest BCUT2D eigenvalue weighted by molar-refractivity contribution is -0.152. The quantitative estimate of drug-likeness (QED) is 0.760. The molecule has 1 N–H and O–H groups in total. The standard InChI is InChI=1S/C12H21NO2/c1-10-4-8-13(9-5-10)12(11(14)15)6-2-3-7-12/h10H,2-9H2,1H3,(H,14,15).